The van der Waals surface area contributed by atoms with Crippen LogP contribution < -0.4 is 0 Å². The van der Waals surface area contributed by atoms with Gasteiger partial charge in [0.2, 0.25) is 0 Å². The van der Waals surface area contributed by atoms with Crippen LogP contribution in [0.15, 0.2) is 73.1 Å². The van der Waals surface area contributed by atoms with Crippen LogP contribution in [0.4, 0.5) is 0 Å². The molecule has 3 aromatic rings. The highest BCUT2D eigenvalue weighted by Gasteiger charge is 2.41. The summed E-state index contributed by atoms with van der Waals surface area (Å²) < 4.78 is 1.99. The maximum absolute atomic E-state index is 12.4. The first-order valence-electron chi connectivity index (χ1n) is 7.97. The Kier molecular flexibility index (Phi) is 5.99. The fraction of sp³-hybridized carbons (Fsp3) is 0.200. The monoisotopic (exact) mass is 356 g/mol. The minimum Gasteiger partial charge on any atom is -0.480 e. The van der Waals surface area contributed by atoms with Gasteiger partial charge in [0.05, 0.1) is 0 Å². The molecular weight excluding hydrogens is 336 g/mol. The molecule has 0 atom stereocenters. The molecule has 0 aliphatic heterocycles. The van der Waals surface area contributed by atoms with Crippen LogP contribution in [0.25, 0.3) is 0 Å². The van der Waals surface area contributed by atoms with Gasteiger partial charge < -0.3 is 9.67 Å². The summed E-state index contributed by atoms with van der Waals surface area (Å²) in [5, 5.41) is 10.2. The van der Waals surface area contributed by atoms with Crippen molar-refractivity contribution in [2.45, 2.75) is 25.3 Å². The van der Waals surface area contributed by atoms with E-state index in [-0.39, 0.29) is 12.4 Å². The third-order valence-electron chi connectivity index (χ3n) is 4.55. The molecule has 25 heavy (non-hydrogen) atoms. The summed E-state index contributed by atoms with van der Waals surface area (Å²) in [7, 11) is 0. The molecule has 2 aromatic carbocycles. The summed E-state index contributed by atoms with van der Waals surface area (Å²) in [5.74, 6) is 0.0491. The summed E-state index contributed by atoms with van der Waals surface area (Å²) in [5.41, 5.74) is 0.502. The minimum absolute atomic E-state index is 0. The fourth-order valence-corrected chi connectivity index (χ4v) is 3.18. The van der Waals surface area contributed by atoms with Crippen LogP contribution in [0.5, 0.6) is 0 Å². The van der Waals surface area contributed by atoms with E-state index in [4.69, 9.17) is 0 Å². The van der Waals surface area contributed by atoms with E-state index in [1.165, 1.54) is 0 Å². The minimum atomic E-state index is -1.08. The Balaban J connectivity index is 0.00000225. The topological polar surface area (TPSA) is 55.1 Å². The molecule has 0 bridgehead atoms. The Morgan fingerprint density at radius 3 is 1.96 bits per heavy atom. The van der Waals surface area contributed by atoms with E-state index in [0.29, 0.717) is 13.0 Å². The van der Waals surface area contributed by atoms with Crippen molar-refractivity contribution in [1.82, 2.24) is 9.55 Å². The van der Waals surface area contributed by atoms with Gasteiger partial charge in [-0.1, -0.05) is 60.7 Å². The van der Waals surface area contributed by atoms with Crippen LogP contribution >= 0.6 is 12.4 Å². The Labute approximate surface area is 153 Å². The van der Waals surface area contributed by atoms with Gasteiger partial charge in [0.1, 0.15) is 11.2 Å². The van der Waals surface area contributed by atoms with E-state index in [1.807, 2.05) is 78.4 Å². The molecule has 0 spiro atoms. The number of halogens is 1. The van der Waals surface area contributed by atoms with Gasteiger partial charge >= 0.3 is 5.97 Å². The van der Waals surface area contributed by atoms with Crippen molar-refractivity contribution in [2.75, 3.05) is 0 Å². The summed E-state index contributed by atoms with van der Waals surface area (Å²) in [6.45, 7) is 2.51. The number of carbonyl (C=O) groups is 1. The first-order chi connectivity index (χ1) is 11.6. The molecule has 0 aliphatic rings. The Bertz CT molecular complexity index is 776. The molecule has 0 aliphatic carbocycles. The van der Waals surface area contributed by atoms with E-state index >= 15 is 0 Å². The van der Waals surface area contributed by atoms with Gasteiger partial charge in [-0.05, 0) is 24.5 Å². The van der Waals surface area contributed by atoms with Gasteiger partial charge in [-0.2, -0.15) is 0 Å². The van der Waals surface area contributed by atoms with Crippen LogP contribution in [0, 0.1) is 6.92 Å². The number of hydrogen-bond acceptors (Lipinski definition) is 2. The SMILES string of the molecule is Cc1nccn1CCC(C(=O)O)(c1ccccc1)c1ccccc1.Cl. The highest BCUT2D eigenvalue weighted by Crippen LogP contribution is 2.36. The number of hydrogen-bond donors (Lipinski definition) is 1. The summed E-state index contributed by atoms with van der Waals surface area (Å²) in [6.07, 6.45) is 4.08. The number of aromatic nitrogens is 2. The molecule has 0 radical (unpaired) electrons. The van der Waals surface area contributed by atoms with E-state index in [2.05, 4.69) is 4.98 Å². The number of rotatable bonds is 6. The largest absolute Gasteiger partial charge is 0.480 e. The quantitative estimate of drug-likeness (QED) is 0.724. The zero-order valence-corrected chi connectivity index (χ0v) is 14.8. The molecule has 0 unspecified atom stereocenters. The second-order valence-electron chi connectivity index (χ2n) is 5.86. The molecule has 1 N–H and O–H groups in total. The predicted octanol–water partition coefficient (Wildman–Crippen LogP) is 4.07. The average Bonchev–Trinajstić information content (AvgIpc) is 3.02. The second kappa shape index (κ2) is 7.99. The van der Waals surface area contributed by atoms with Gasteiger partial charge in [-0.15, -0.1) is 12.4 Å². The lowest BCUT2D eigenvalue weighted by molar-refractivity contribution is -0.142. The molecule has 4 nitrogen and oxygen atoms in total. The Morgan fingerprint density at radius 2 is 1.56 bits per heavy atom. The molecule has 0 saturated carbocycles. The third-order valence-corrected chi connectivity index (χ3v) is 4.55. The molecule has 1 heterocycles. The molecule has 0 saturated heterocycles. The lowest BCUT2D eigenvalue weighted by atomic mass is 9.72. The smallest absolute Gasteiger partial charge is 0.318 e. The molecule has 0 amide bonds. The Hall–Kier alpha value is -2.59. The van der Waals surface area contributed by atoms with Crippen LogP contribution in [-0.2, 0) is 16.8 Å². The van der Waals surface area contributed by atoms with Gasteiger partial charge in [-0.25, -0.2) is 4.98 Å². The fourth-order valence-electron chi connectivity index (χ4n) is 3.18. The summed E-state index contributed by atoms with van der Waals surface area (Å²) in [4.78, 5) is 16.7. The molecular formula is C20H21ClN2O2. The van der Waals surface area contributed by atoms with Crippen molar-refractivity contribution < 1.29 is 9.90 Å². The van der Waals surface area contributed by atoms with E-state index < -0.39 is 11.4 Å². The van der Waals surface area contributed by atoms with Crippen LogP contribution in [0.3, 0.4) is 0 Å². The van der Waals surface area contributed by atoms with Gasteiger partial charge in [-0.3, -0.25) is 4.79 Å². The van der Waals surface area contributed by atoms with Crippen molar-refractivity contribution in [3.05, 3.63) is 90.0 Å². The van der Waals surface area contributed by atoms with E-state index in [9.17, 15) is 9.90 Å². The van der Waals surface area contributed by atoms with Crippen molar-refractivity contribution in [1.29, 1.82) is 0 Å². The standard InChI is InChI=1S/C20H20N2O2.ClH/c1-16-21-13-15-22(16)14-12-20(19(23)24,17-8-4-2-5-9-17)18-10-6-3-7-11-18;/h2-11,13,15H,12,14H2,1H3,(H,23,24);1H. The number of imidazole rings is 1. The number of carboxylic acid groups (broad SMARTS) is 1. The average molecular weight is 357 g/mol. The number of aryl methyl sites for hydroxylation is 2. The van der Waals surface area contributed by atoms with Crippen LogP contribution in [0.1, 0.15) is 23.4 Å². The number of nitrogens with zero attached hydrogens (tertiary/aromatic N) is 2. The van der Waals surface area contributed by atoms with Crippen molar-refractivity contribution in [3.63, 3.8) is 0 Å². The van der Waals surface area contributed by atoms with Crippen molar-refractivity contribution in [3.8, 4) is 0 Å². The van der Waals surface area contributed by atoms with Crippen molar-refractivity contribution >= 4 is 18.4 Å². The number of carboxylic acids is 1. The molecule has 1 aromatic heterocycles. The first kappa shape index (κ1) is 18.7. The van der Waals surface area contributed by atoms with Gasteiger partial charge in [0, 0.05) is 18.9 Å². The third kappa shape index (κ3) is 3.59. The van der Waals surface area contributed by atoms with Crippen LogP contribution in [-0.4, -0.2) is 20.6 Å². The Morgan fingerprint density at radius 1 is 1.04 bits per heavy atom. The lowest BCUT2D eigenvalue weighted by Gasteiger charge is -2.31. The maximum Gasteiger partial charge on any atom is 0.318 e. The summed E-state index contributed by atoms with van der Waals surface area (Å²) in [6, 6.07) is 18.9. The zero-order chi connectivity index (χ0) is 17.0. The maximum atomic E-state index is 12.4. The van der Waals surface area contributed by atoms with Gasteiger partial charge in [0.15, 0.2) is 0 Å². The second-order valence-corrected chi connectivity index (χ2v) is 5.86. The van der Waals surface area contributed by atoms with E-state index in [1.54, 1.807) is 6.20 Å². The lowest BCUT2D eigenvalue weighted by Crippen LogP contribution is -2.38. The highest BCUT2D eigenvalue weighted by atomic mass is 35.5. The first-order valence-corrected chi connectivity index (χ1v) is 7.97. The van der Waals surface area contributed by atoms with Crippen LogP contribution in [0.2, 0.25) is 0 Å². The normalized spacial score (nSPS) is 10.9. The van der Waals surface area contributed by atoms with Crippen molar-refractivity contribution in [2.24, 2.45) is 0 Å². The molecule has 0 fully saturated rings. The van der Waals surface area contributed by atoms with E-state index in [0.717, 1.165) is 17.0 Å². The molecule has 3 rings (SSSR count). The van der Waals surface area contributed by atoms with Gasteiger partial charge in [0.25, 0.3) is 0 Å². The predicted molar refractivity (Wildman–Crippen MR) is 100 cm³/mol. The highest BCUT2D eigenvalue weighted by molar-refractivity contribution is 5.86. The summed E-state index contributed by atoms with van der Waals surface area (Å²) >= 11 is 0. The number of aliphatic carboxylic acids is 1. The zero-order valence-electron chi connectivity index (χ0n) is 14.0. The molecule has 130 valence electrons. The molecule has 5 heteroatoms. The number of benzene rings is 2.